The van der Waals surface area contributed by atoms with Crippen LogP contribution in [-0.2, 0) is 30.4 Å². The second-order valence-electron chi connectivity index (χ2n) is 9.26. The molecular weight excluding hydrogens is 466 g/mol. The number of rotatable bonds is 14. The summed E-state index contributed by atoms with van der Waals surface area (Å²) in [6.45, 7) is 7.79. The molecule has 0 aliphatic carbocycles. The molecule has 0 spiro atoms. The second kappa shape index (κ2) is 14.8. The third-order valence-electron chi connectivity index (χ3n) is 5.59. The van der Waals surface area contributed by atoms with Gasteiger partial charge in [0.25, 0.3) is 0 Å². The van der Waals surface area contributed by atoms with E-state index in [1.807, 2.05) is 18.2 Å². The minimum absolute atomic E-state index is 0.0207. The largest absolute Gasteiger partial charge is 0.391 e. The van der Waals surface area contributed by atoms with Crippen LogP contribution in [0.1, 0.15) is 53.0 Å². The number of hydrogen-bond acceptors (Lipinski definition) is 6. The molecule has 5 amide bonds. The topological polar surface area (TPSA) is 180 Å². The Kier molecular flexibility index (Phi) is 12.6. The number of aliphatic hydroxyl groups is 1. The Hall–Kier alpha value is -3.47. The number of carbonyl (C=O) groups is 5. The highest BCUT2D eigenvalue weighted by Gasteiger charge is 2.30. The van der Waals surface area contributed by atoms with E-state index in [2.05, 4.69) is 21.3 Å². The minimum atomic E-state index is -1.02. The number of amides is 5. The van der Waals surface area contributed by atoms with Crippen LogP contribution < -0.4 is 27.0 Å². The fourth-order valence-electron chi connectivity index (χ4n) is 3.49. The SMILES string of the molecule is CC(=O)N[C@H](C(=O)N[C@@H](Cc1ccccc1)C(=O)NC(C)C(=O)NC(CCC(N)=O)C(C)O)C(C)C. The molecule has 1 aromatic rings. The van der Waals surface area contributed by atoms with Gasteiger partial charge in [0.1, 0.15) is 18.1 Å². The van der Waals surface area contributed by atoms with Crippen molar-refractivity contribution in [2.75, 3.05) is 0 Å². The Morgan fingerprint density at radius 1 is 0.861 bits per heavy atom. The van der Waals surface area contributed by atoms with E-state index in [1.165, 1.54) is 20.8 Å². The van der Waals surface area contributed by atoms with Crippen LogP contribution in [0.3, 0.4) is 0 Å². The molecule has 0 aliphatic rings. The van der Waals surface area contributed by atoms with E-state index < -0.39 is 53.9 Å². The maximum absolute atomic E-state index is 13.1. The number of nitrogens with one attached hydrogen (secondary N) is 4. The normalized spacial score (nSPS) is 15.1. The number of carbonyl (C=O) groups excluding carboxylic acids is 5. The second-order valence-corrected chi connectivity index (χ2v) is 9.26. The van der Waals surface area contributed by atoms with Gasteiger partial charge in [-0.25, -0.2) is 0 Å². The highest BCUT2D eigenvalue weighted by molar-refractivity contribution is 5.94. The maximum atomic E-state index is 13.1. The fraction of sp³-hybridized carbons (Fsp3) is 0.560. The average molecular weight is 506 g/mol. The Bertz CT molecular complexity index is 905. The van der Waals surface area contributed by atoms with Crippen LogP contribution >= 0.6 is 0 Å². The summed E-state index contributed by atoms with van der Waals surface area (Å²) in [7, 11) is 0. The van der Waals surface area contributed by atoms with E-state index >= 15 is 0 Å². The molecule has 0 aromatic heterocycles. The van der Waals surface area contributed by atoms with Crippen molar-refractivity contribution < 1.29 is 29.1 Å². The lowest BCUT2D eigenvalue weighted by Gasteiger charge is -2.27. The third kappa shape index (κ3) is 10.9. The maximum Gasteiger partial charge on any atom is 0.243 e. The van der Waals surface area contributed by atoms with Crippen LogP contribution in [0.25, 0.3) is 0 Å². The number of aliphatic hydroxyl groups excluding tert-OH is 1. The summed E-state index contributed by atoms with van der Waals surface area (Å²) in [5, 5.41) is 20.4. The standard InChI is InChI=1S/C25H39N5O6/c1-14(2)22(28-17(5)32)25(36)30-20(13-18-9-7-6-8-10-18)24(35)27-15(3)23(34)29-19(16(4)31)11-12-21(26)33/h6-10,14-16,19-20,22,31H,11-13H2,1-5H3,(H2,26,33)(H,27,35)(H,28,32)(H,29,34)(H,30,36)/t15?,16?,19?,20-,22-/m0/s1. The molecule has 0 saturated heterocycles. The number of primary amides is 1. The zero-order valence-corrected chi connectivity index (χ0v) is 21.5. The van der Waals surface area contributed by atoms with Gasteiger partial charge in [-0.15, -0.1) is 0 Å². The molecule has 0 radical (unpaired) electrons. The van der Waals surface area contributed by atoms with E-state index in [1.54, 1.807) is 26.0 Å². The molecule has 0 bridgehead atoms. The van der Waals surface area contributed by atoms with Crippen LogP contribution in [0.5, 0.6) is 0 Å². The van der Waals surface area contributed by atoms with Gasteiger partial charge < -0.3 is 32.1 Å². The van der Waals surface area contributed by atoms with Crippen LogP contribution in [0.2, 0.25) is 0 Å². The highest BCUT2D eigenvalue weighted by atomic mass is 16.3. The van der Waals surface area contributed by atoms with Crippen LogP contribution in [0, 0.1) is 5.92 Å². The van der Waals surface area contributed by atoms with Gasteiger partial charge in [-0.2, -0.15) is 0 Å². The van der Waals surface area contributed by atoms with Crippen LogP contribution in [-0.4, -0.2) is 64.9 Å². The van der Waals surface area contributed by atoms with Crippen molar-refractivity contribution >= 4 is 29.5 Å². The summed E-state index contributed by atoms with van der Waals surface area (Å²) in [6, 6.07) is 5.46. The molecule has 0 saturated carbocycles. The molecular formula is C25H39N5O6. The summed E-state index contributed by atoms with van der Waals surface area (Å²) < 4.78 is 0. The summed E-state index contributed by atoms with van der Waals surface area (Å²) >= 11 is 0. The Morgan fingerprint density at radius 2 is 1.47 bits per heavy atom. The highest BCUT2D eigenvalue weighted by Crippen LogP contribution is 2.08. The molecule has 200 valence electrons. The van der Waals surface area contributed by atoms with E-state index in [0.29, 0.717) is 0 Å². The fourth-order valence-corrected chi connectivity index (χ4v) is 3.49. The van der Waals surface area contributed by atoms with E-state index in [0.717, 1.165) is 5.56 Å². The van der Waals surface area contributed by atoms with Gasteiger partial charge in [-0.05, 0) is 31.7 Å². The Morgan fingerprint density at radius 3 is 1.97 bits per heavy atom. The molecule has 7 N–H and O–H groups in total. The molecule has 11 heteroatoms. The van der Waals surface area contributed by atoms with E-state index in [4.69, 9.17) is 5.73 Å². The number of benzene rings is 1. The lowest BCUT2D eigenvalue weighted by atomic mass is 10.0. The molecule has 36 heavy (non-hydrogen) atoms. The van der Waals surface area contributed by atoms with Gasteiger partial charge in [-0.1, -0.05) is 44.2 Å². The van der Waals surface area contributed by atoms with Gasteiger partial charge in [0.15, 0.2) is 0 Å². The number of hydrogen-bond donors (Lipinski definition) is 6. The monoisotopic (exact) mass is 505 g/mol. The summed E-state index contributed by atoms with van der Waals surface area (Å²) in [6.07, 6.45) is -0.658. The molecule has 0 fully saturated rings. The first-order valence-electron chi connectivity index (χ1n) is 12.0. The molecule has 5 atom stereocenters. The average Bonchev–Trinajstić information content (AvgIpc) is 2.79. The van der Waals surface area contributed by atoms with Crippen molar-refractivity contribution in [1.29, 1.82) is 0 Å². The summed E-state index contributed by atoms with van der Waals surface area (Å²) in [4.78, 5) is 61.4. The van der Waals surface area contributed by atoms with Crippen molar-refractivity contribution in [3.63, 3.8) is 0 Å². The van der Waals surface area contributed by atoms with Gasteiger partial charge in [0, 0.05) is 19.8 Å². The van der Waals surface area contributed by atoms with Crippen LogP contribution in [0.15, 0.2) is 30.3 Å². The molecule has 0 heterocycles. The number of nitrogens with two attached hydrogens (primary N) is 1. The third-order valence-corrected chi connectivity index (χ3v) is 5.59. The molecule has 11 nitrogen and oxygen atoms in total. The molecule has 1 aromatic carbocycles. The zero-order valence-electron chi connectivity index (χ0n) is 21.5. The first-order valence-corrected chi connectivity index (χ1v) is 12.0. The molecule has 1 rings (SSSR count). The van der Waals surface area contributed by atoms with Gasteiger partial charge >= 0.3 is 0 Å². The molecule has 3 unspecified atom stereocenters. The van der Waals surface area contributed by atoms with Crippen molar-refractivity contribution in [3.05, 3.63) is 35.9 Å². The summed E-state index contributed by atoms with van der Waals surface area (Å²) in [5.74, 6) is -2.84. The lowest BCUT2D eigenvalue weighted by Crippen LogP contribution is -2.58. The van der Waals surface area contributed by atoms with Crippen molar-refractivity contribution in [1.82, 2.24) is 21.3 Å². The smallest absolute Gasteiger partial charge is 0.243 e. The van der Waals surface area contributed by atoms with Gasteiger partial charge in [0.05, 0.1) is 12.1 Å². The lowest BCUT2D eigenvalue weighted by molar-refractivity contribution is -0.134. The molecule has 0 aliphatic heterocycles. The summed E-state index contributed by atoms with van der Waals surface area (Å²) in [5.41, 5.74) is 5.94. The minimum Gasteiger partial charge on any atom is -0.391 e. The Balaban J connectivity index is 2.98. The van der Waals surface area contributed by atoms with Crippen molar-refractivity contribution in [2.45, 2.75) is 84.2 Å². The van der Waals surface area contributed by atoms with E-state index in [-0.39, 0.29) is 31.1 Å². The van der Waals surface area contributed by atoms with Crippen molar-refractivity contribution in [3.8, 4) is 0 Å². The van der Waals surface area contributed by atoms with E-state index in [9.17, 15) is 29.1 Å². The predicted molar refractivity (Wildman–Crippen MR) is 134 cm³/mol. The first kappa shape index (κ1) is 30.6. The predicted octanol–water partition coefficient (Wildman–Crippen LogP) is -0.490. The Labute approximate surface area is 212 Å². The zero-order chi connectivity index (χ0) is 27.4. The van der Waals surface area contributed by atoms with Crippen molar-refractivity contribution in [2.24, 2.45) is 11.7 Å². The van der Waals surface area contributed by atoms with Gasteiger partial charge in [-0.3, -0.25) is 24.0 Å². The quantitative estimate of drug-likeness (QED) is 0.198. The van der Waals surface area contributed by atoms with Gasteiger partial charge in [0.2, 0.25) is 29.5 Å². The van der Waals surface area contributed by atoms with Crippen LogP contribution in [0.4, 0.5) is 0 Å². The first-order chi connectivity index (χ1) is 16.8.